The molecule has 0 aliphatic carbocycles. The van der Waals surface area contributed by atoms with E-state index in [-0.39, 0.29) is 12.5 Å². The Morgan fingerprint density at radius 1 is 1.26 bits per heavy atom. The van der Waals surface area contributed by atoms with E-state index in [9.17, 15) is 4.79 Å². The molecule has 4 heteroatoms. The Bertz CT molecular complexity index is 354. The third-order valence-corrected chi connectivity index (χ3v) is 2.94. The molecule has 0 heterocycles. The van der Waals surface area contributed by atoms with Crippen LogP contribution < -0.4 is 5.32 Å². The van der Waals surface area contributed by atoms with E-state index in [1.807, 2.05) is 35.2 Å². The molecule has 0 aliphatic heterocycles. The van der Waals surface area contributed by atoms with Crippen LogP contribution in [0.1, 0.15) is 25.3 Å². The number of amides is 1. The van der Waals surface area contributed by atoms with E-state index >= 15 is 0 Å². The number of nitrogens with one attached hydrogen (secondary N) is 1. The van der Waals surface area contributed by atoms with Crippen LogP contribution in [0, 0.1) is 0 Å². The molecule has 1 aromatic carbocycles. The maximum Gasteiger partial charge on any atom is 0.234 e. The van der Waals surface area contributed by atoms with Crippen molar-refractivity contribution in [1.82, 2.24) is 10.2 Å². The minimum absolute atomic E-state index is 0.00778. The third-order valence-electron chi connectivity index (χ3n) is 2.94. The van der Waals surface area contributed by atoms with Crippen molar-refractivity contribution in [3.8, 4) is 0 Å². The molecular formula is C15H24N2O2. The quantitative estimate of drug-likeness (QED) is 0.709. The van der Waals surface area contributed by atoms with Gasteiger partial charge in [-0.25, -0.2) is 0 Å². The summed E-state index contributed by atoms with van der Waals surface area (Å²) in [5.41, 5.74) is 1.10. The van der Waals surface area contributed by atoms with Crippen molar-refractivity contribution in [2.75, 3.05) is 26.2 Å². The number of nitrogens with zero attached hydrogens (tertiary/aromatic N) is 1. The van der Waals surface area contributed by atoms with Gasteiger partial charge in [-0.2, -0.15) is 0 Å². The first-order valence-electron chi connectivity index (χ1n) is 6.90. The minimum atomic E-state index is 0.00778. The second-order valence-electron chi connectivity index (χ2n) is 4.62. The van der Waals surface area contributed by atoms with E-state index in [4.69, 9.17) is 5.11 Å². The molecule has 106 valence electrons. The SMILES string of the molecule is CCCCN(CCO)CC(=O)NCc1ccccc1. The number of unbranched alkanes of at least 4 members (excludes halogenated alkanes) is 1. The van der Waals surface area contributed by atoms with Crippen LogP contribution >= 0.6 is 0 Å². The Labute approximate surface area is 115 Å². The molecule has 0 fully saturated rings. The monoisotopic (exact) mass is 264 g/mol. The van der Waals surface area contributed by atoms with E-state index in [1.165, 1.54) is 0 Å². The molecular weight excluding hydrogens is 240 g/mol. The Morgan fingerprint density at radius 2 is 2.00 bits per heavy atom. The largest absolute Gasteiger partial charge is 0.395 e. The van der Waals surface area contributed by atoms with Gasteiger partial charge in [0.15, 0.2) is 0 Å². The van der Waals surface area contributed by atoms with Gasteiger partial charge < -0.3 is 10.4 Å². The molecule has 4 nitrogen and oxygen atoms in total. The predicted molar refractivity (Wildman–Crippen MR) is 76.7 cm³/mol. The molecule has 0 radical (unpaired) electrons. The summed E-state index contributed by atoms with van der Waals surface area (Å²) >= 11 is 0. The molecule has 1 amide bonds. The Balaban J connectivity index is 2.31. The van der Waals surface area contributed by atoms with E-state index in [0.29, 0.717) is 19.6 Å². The lowest BCUT2D eigenvalue weighted by atomic mass is 10.2. The molecule has 0 bridgehead atoms. The van der Waals surface area contributed by atoms with Crippen LogP contribution in [0.4, 0.5) is 0 Å². The molecule has 19 heavy (non-hydrogen) atoms. The summed E-state index contributed by atoms with van der Waals surface area (Å²) in [5, 5.41) is 11.9. The number of aliphatic hydroxyl groups is 1. The van der Waals surface area contributed by atoms with Crippen molar-refractivity contribution in [2.24, 2.45) is 0 Å². The fraction of sp³-hybridized carbons (Fsp3) is 0.533. The molecule has 1 aromatic rings. The van der Waals surface area contributed by atoms with Crippen LogP contribution in [-0.4, -0.2) is 42.2 Å². The number of carbonyl (C=O) groups is 1. The number of aliphatic hydroxyl groups excluding tert-OH is 1. The first kappa shape index (κ1) is 15.7. The van der Waals surface area contributed by atoms with Crippen LogP contribution in [0.5, 0.6) is 0 Å². The Morgan fingerprint density at radius 3 is 2.63 bits per heavy atom. The van der Waals surface area contributed by atoms with Crippen LogP contribution in [0.15, 0.2) is 30.3 Å². The smallest absolute Gasteiger partial charge is 0.234 e. The summed E-state index contributed by atoms with van der Waals surface area (Å²) in [6.07, 6.45) is 2.14. The standard InChI is InChI=1S/C15H24N2O2/c1-2-3-9-17(10-11-18)13-15(19)16-12-14-7-5-4-6-8-14/h4-8,18H,2-3,9-13H2,1H3,(H,16,19). The molecule has 0 saturated carbocycles. The second-order valence-corrected chi connectivity index (χ2v) is 4.62. The van der Waals surface area contributed by atoms with Gasteiger partial charge in [0.2, 0.25) is 5.91 Å². The van der Waals surface area contributed by atoms with Crippen LogP contribution in [0.3, 0.4) is 0 Å². The zero-order chi connectivity index (χ0) is 13.9. The fourth-order valence-corrected chi connectivity index (χ4v) is 1.85. The molecule has 0 spiro atoms. The molecule has 0 unspecified atom stereocenters. The highest BCUT2D eigenvalue weighted by molar-refractivity contribution is 5.78. The van der Waals surface area contributed by atoms with Gasteiger partial charge in [-0.3, -0.25) is 9.69 Å². The maximum atomic E-state index is 11.8. The zero-order valence-corrected chi connectivity index (χ0v) is 11.6. The van der Waals surface area contributed by atoms with Gasteiger partial charge >= 0.3 is 0 Å². The number of hydrogen-bond acceptors (Lipinski definition) is 3. The number of rotatable bonds is 9. The number of carbonyl (C=O) groups excluding carboxylic acids is 1. The molecule has 0 atom stereocenters. The summed E-state index contributed by atoms with van der Waals surface area (Å²) in [7, 11) is 0. The lowest BCUT2D eigenvalue weighted by Gasteiger charge is -2.20. The van der Waals surface area contributed by atoms with Gasteiger partial charge in [-0.05, 0) is 18.5 Å². The van der Waals surface area contributed by atoms with Crippen LogP contribution in [-0.2, 0) is 11.3 Å². The van der Waals surface area contributed by atoms with E-state index in [2.05, 4.69) is 12.2 Å². The van der Waals surface area contributed by atoms with E-state index < -0.39 is 0 Å². The molecule has 0 aromatic heterocycles. The highest BCUT2D eigenvalue weighted by atomic mass is 16.3. The predicted octanol–water partition coefficient (Wildman–Crippen LogP) is 1.40. The van der Waals surface area contributed by atoms with Crippen molar-refractivity contribution >= 4 is 5.91 Å². The first-order chi connectivity index (χ1) is 9.26. The number of benzene rings is 1. The Kier molecular flexibility index (Phi) is 7.86. The van der Waals surface area contributed by atoms with Gasteiger partial charge in [-0.15, -0.1) is 0 Å². The van der Waals surface area contributed by atoms with Gasteiger partial charge in [0.1, 0.15) is 0 Å². The maximum absolute atomic E-state index is 11.8. The summed E-state index contributed by atoms with van der Waals surface area (Å²) in [6, 6.07) is 9.85. The highest BCUT2D eigenvalue weighted by Gasteiger charge is 2.09. The van der Waals surface area contributed by atoms with Gasteiger partial charge in [-0.1, -0.05) is 43.7 Å². The fourth-order valence-electron chi connectivity index (χ4n) is 1.85. The normalized spacial score (nSPS) is 10.7. The van der Waals surface area contributed by atoms with Gasteiger partial charge in [0, 0.05) is 13.1 Å². The minimum Gasteiger partial charge on any atom is -0.395 e. The summed E-state index contributed by atoms with van der Waals surface area (Å²) in [5.74, 6) is 0.00778. The average Bonchev–Trinajstić information content (AvgIpc) is 2.44. The van der Waals surface area contributed by atoms with Crippen LogP contribution in [0.2, 0.25) is 0 Å². The van der Waals surface area contributed by atoms with Crippen molar-refractivity contribution in [2.45, 2.75) is 26.3 Å². The van der Waals surface area contributed by atoms with E-state index in [0.717, 1.165) is 24.9 Å². The molecule has 2 N–H and O–H groups in total. The Hall–Kier alpha value is -1.39. The van der Waals surface area contributed by atoms with E-state index in [1.54, 1.807) is 0 Å². The van der Waals surface area contributed by atoms with Gasteiger partial charge in [0.05, 0.1) is 13.2 Å². The lowest BCUT2D eigenvalue weighted by molar-refractivity contribution is -0.122. The first-order valence-corrected chi connectivity index (χ1v) is 6.90. The topological polar surface area (TPSA) is 52.6 Å². The zero-order valence-electron chi connectivity index (χ0n) is 11.6. The van der Waals surface area contributed by atoms with Crippen molar-refractivity contribution in [3.05, 3.63) is 35.9 Å². The van der Waals surface area contributed by atoms with Crippen LogP contribution in [0.25, 0.3) is 0 Å². The average molecular weight is 264 g/mol. The highest BCUT2D eigenvalue weighted by Crippen LogP contribution is 1.98. The van der Waals surface area contributed by atoms with Crippen molar-refractivity contribution in [1.29, 1.82) is 0 Å². The lowest BCUT2D eigenvalue weighted by Crippen LogP contribution is -2.38. The van der Waals surface area contributed by atoms with Crippen molar-refractivity contribution in [3.63, 3.8) is 0 Å². The second kappa shape index (κ2) is 9.53. The summed E-state index contributed by atoms with van der Waals surface area (Å²) in [4.78, 5) is 13.8. The van der Waals surface area contributed by atoms with Gasteiger partial charge in [0.25, 0.3) is 0 Å². The third kappa shape index (κ3) is 6.94. The molecule has 0 aliphatic rings. The van der Waals surface area contributed by atoms with Crippen molar-refractivity contribution < 1.29 is 9.90 Å². The summed E-state index contributed by atoms with van der Waals surface area (Å²) in [6.45, 7) is 4.53. The summed E-state index contributed by atoms with van der Waals surface area (Å²) < 4.78 is 0. The number of hydrogen-bond donors (Lipinski definition) is 2. The molecule has 1 rings (SSSR count). The molecule has 0 saturated heterocycles.